The van der Waals surface area contributed by atoms with Gasteiger partial charge >= 0.3 is 0 Å². The van der Waals surface area contributed by atoms with Gasteiger partial charge in [-0.3, -0.25) is 9.20 Å². The number of aromatic amines is 1. The minimum absolute atomic E-state index is 0.0566. The molecule has 0 saturated heterocycles. The lowest BCUT2D eigenvalue weighted by molar-refractivity contribution is -0.113. The lowest BCUT2D eigenvalue weighted by Crippen LogP contribution is -2.14. The molecule has 0 aliphatic carbocycles. The number of rotatable bonds is 5. The average molecular weight is 351 g/mol. The predicted octanol–water partition coefficient (Wildman–Crippen LogP) is 3.50. The Labute approximate surface area is 148 Å². The average Bonchev–Trinajstić information content (AvgIpc) is 3.19. The van der Waals surface area contributed by atoms with Crippen molar-refractivity contribution in [2.24, 2.45) is 0 Å². The van der Waals surface area contributed by atoms with Gasteiger partial charge in [0.25, 0.3) is 0 Å². The van der Waals surface area contributed by atoms with Crippen LogP contribution in [-0.2, 0) is 11.2 Å². The third kappa shape index (κ3) is 3.10. The maximum atomic E-state index is 12.3. The highest BCUT2D eigenvalue weighted by Crippen LogP contribution is 2.23. The second kappa shape index (κ2) is 6.60. The van der Waals surface area contributed by atoms with Gasteiger partial charge in [-0.2, -0.15) is 0 Å². The zero-order valence-corrected chi connectivity index (χ0v) is 14.5. The first kappa shape index (κ1) is 15.7. The number of para-hydroxylation sites is 2. The first-order valence-corrected chi connectivity index (χ1v) is 9.06. The van der Waals surface area contributed by atoms with Gasteiger partial charge < -0.3 is 5.32 Å². The first-order chi connectivity index (χ1) is 12.2. The number of aromatic nitrogens is 4. The zero-order valence-electron chi connectivity index (χ0n) is 13.7. The van der Waals surface area contributed by atoms with Gasteiger partial charge in [0.05, 0.1) is 16.8 Å². The number of amides is 1. The summed E-state index contributed by atoms with van der Waals surface area (Å²) >= 11 is 1.38. The van der Waals surface area contributed by atoms with E-state index in [4.69, 9.17) is 0 Å². The van der Waals surface area contributed by atoms with Gasteiger partial charge in [0, 0.05) is 5.69 Å². The number of H-pyrrole nitrogens is 1. The molecular weight excluding hydrogens is 334 g/mol. The number of nitrogens with one attached hydrogen (secondary N) is 2. The zero-order chi connectivity index (χ0) is 17.2. The molecule has 0 aliphatic rings. The van der Waals surface area contributed by atoms with Crippen LogP contribution in [0.2, 0.25) is 0 Å². The van der Waals surface area contributed by atoms with Crippen LogP contribution in [0.1, 0.15) is 12.5 Å². The molecule has 2 N–H and O–H groups in total. The van der Waals surface area contributed by atoms with E-state index in [0.29, 0.717) is 5.78 Å². The minimum atomic E-state index is -0.0566. The number of aryl methyl sites for hydroxylation is 1. The fraction of sp³-hybridized carbons (Fsp3) is 0.167. The van der Waals surface area contributed by atoms with Gasteiger partial charge in [0.2, 0.25) is 11.7 Å². The number of carbonyl (C=O) groups excluding carboxylic acids is 1. The van der Waals surface area contributed by atoms with Crippen molar-refractivity contribution in [3.63, 3.8) is 0 Å². The topological polar surface area (TPSA) is 75.1 Å². The molecule has 0 saturated carbocycles. The number of nitrogens with zero attached hydrogens (tertiary/aromatic N) is 3. The molecule has 0 bridgehead atoms. The van der Waals surface area contributed by atoms with Crippen molar-refractivity contribution in [3.05, 3.63) is 54.1 Å². The van der Waals surface area contributed by atoms with Gasteiger partial charge in [-0.15, -0.1) is 5.10 Å². The number of hydrogen-bond donors (Lipinski definition) is 2. The molecule has 0 fully saturated rings. The summed E-state index contributed by atoms with van der Waals surface area (Å²) in [7, 11) is 0. The lowest BCUT2D eigenvalue weighted by Gasteiger charge is -2.06. The molecule has 0 radical (unpaired) electrons. The molecule has 25 heavy (non-hydrogen) atoms. The molecule has 2 aromatic heterocycles. The van der Waals surface area contributed by atoms with Crippen LogP contribution in [-0.4, -0.2) is 31.2 Å². The van der Waals surface area contributed by atoms with Crippen molar-refractivity contribution in [2.45, 2.75) is 18.5 Å². The molecule has 0 aliphatic heterocycles. The summed E-state index contributed by atoms with van der Waals surface area (Å²) in [5.41, 5.74) is 3.90. The van der Waals surface area contributed by atoms with Gasteiger partial charge in [0.1, 0.15) is 0 Å². The Morgan fingerprint density at radius 2 is 2.12 bits per heavy atom. The fourth-order valence-electron chi connectivity index (χ4n) is 2.74. The fourth-order valence-corrected chi connectivity index (χ4v) is 3.49. The van der Waals surface area contributed by atoms with Crippen molar-refractivity contribution in [1.29, 1.82) is 0 Å². The van der Waals surface area contributed by atoms with Crippen molar-refractivity contribution < 1.29 is 4.79 Å². The molecule has 4 aromatic rings. The number of hydrogen-bond acceptors (Lipinski definition) is 4. The molecule has 2 aromatic carbocycles. The van der Waals surface area contributed by atoms with Gasteiger partial charge in [-0.1, -0.05) is 43.0 Å². The van der Waals surface area contributed by atoms with Crippen LogP contribution >= 0.6 is 11.8 Å². The maximum absolute atomic E-state index is 12.3. The quantitative estimate of drug-likeness (QED) is 0.540. The Kier molecular flexibility index (Phi) is 4.15. The Morgan fingerprint density at radius 3 is 3.00 bits per heavy atom. The van der Waals surface area contributed by atoms with Crippen LogP contribution in [0.3, 0.4) is 0 Å². The third-order valence-corrected chi connectivity index (χ3v) is 4.89. The molecule has 2 heterocycles. The summed E-state index contributed by atoms with van der Waals surface area (Å²) in [5, 5.41) is 10.8. The Hall–Kier alpha value is -2.80. The number of thioether (sulfide) groups is 1. The van der Waals surface area contributed by atoms with E-state index in [-0.39, 0.29) is 11.7 Å². The van der Waals surface area contributed by atoms with E-state index in [0.717, 1.165) is 28.3 Å². The van der Waals surface area contributed by atoms with Crippen LogP contribution in [0, 0.1) is 0 Å². The highest BCUT2D eigenvalue weighted by Gasteiger charge is 2.13. The Balaban J connectivity index is 1.49. The molecule has 0 unspecified atom stereocenters. The standard InChI is InChI=1S/C18H17N5OS/c1-2-12-6-5-7-13(10-12)19-16(24)11-25-18-22-21-17-20-14-8-3-4-9-15(14)23(17)18/h3-10H,2,11H2,1H3,(H,19,24)(H,20,21). The molecule has 0 spiro atoms. The van der Waals surface area contributed by atoms with Crippen LogP contribution < -0.4 is 5.32 Å². The Bertz CT molecular complexity index is 1050. The second-order valence-electron chi connectivity index (χ2n) is 5.66. The van der Waals surface area contributed by atoms with Gasteiger partial charge in [-0.25, -0.2) is 10.1 Å². The third-order valence-electron chi connectivity index (χ3n) is 3.95. The second-order valence-corrected chi connectivity index (χ2v) is 6.60. The molecule has 6 nitrogen and oxygen atoms in total. The van der Waals surface area contributed by atoms with Crippen molar-refractivity contribution in [3.8, 4) is 0 Å². The summed E-state index contributed by atoms with van der Waals surface area (Å²) < 4.78 is 1.94. The monoisotopic (exact) mass is 351 g/mol. The predicted molar refractivity (Wildman–Crippen MR) is 100 cm³/mol. The lowest BCUT2D eigenvalue weighted by atomic mass is 10.1. The smallest absolute Gasteiger partial charge is 0.234 e. The molecule has 126 valence electrons. The van der Waals surface area contributed by atoms with E-state index in [2.05, 4.69) is 33.5 Å². The minimum Gasteiger partial charge on any atom is -0.325 e. The van der Waals surface area contributed by atoms with E-state index < -0.39 is 0 Å². The maximum Gasteiger partial charge on any atom is 0.234 e. The molecular formula is C18H17N5OS. The van der Waals surface area contributed by atoms with Crippen molar-refractivity contribution in [2.75, 3.05) is 11.1 Å². The number of fused-ring (bicyclic) bond motifs is 3. The highest BCUT2D eigenvalue weighted by atomic mass is 32.2. The molecule has 1 amide bonds. The van der Waals surface area contributed by atoms with E-state index in [1.165, 1.54) is 17.3 Å². The summed E-state index contributed by atoms with van der Waals surface area (Å²) in [6, 6.07) is 15.8. The number of imidazole rings is 1. The summed E-state index contributed by atoms with van der Waals surface area (Å²) in [5.74, 6) is 0.904. The van der Waals surface area contributed by atoms with E-state index in [1.807, 2.05) is 46.9 Å². The van der Waals surface area contributed by atoms with Crippen LogP contribution in [0.4, 0.5) is 5.69 Å². The van der Waals surface area contributed by atoms with Crippen LogP contribution in [0.5, 0.6) is 0 Å². The normalized spacial score (nSPS) is 11.2. The van der Waals surface area contributed by atoms with Gasteiger partial charge in [-0.05, 0) is 36.2 Å². The largest absolute Gasteiger partial charge is 0.325 e. The number of benzene rings is 2. The summed E-state index contributed by atoms with van der Waals surface area (Å²) in [6.45, 7) is 2.09. The van der Waals surface area contributed by atoms with Crippen LogP contribution in [0.25, 0.3) is 16.8 Å². The van der Waals surface area contributed by atoms with E-state index in [1.54, 1.807) is 0 Å². The van der Waals surface area contributed by atoms with Gasteiger partial charge in [0.15, 0.2) is 5.16 Å². The summed E-state index contributed by atoms with van der Waals surface area (Å²) in [6.07, 6.45) is 0.942. The number of anilines is 1. The number of carbonyl (C=O) groups is 1. The Morgan fingerprint density at radius 1 is 1.24 bits per heavy atom. The summed E-state index contributed by atoms with van der Waals surface area (Å²) in [4.78, 5) is 16.7. The SMILES string of the molecule is CCc1cccc(NC(=O)CSc2n[nH]c3nc4ccccc4n23)c1. The molecule has 7 heteroatoms. The van der Waals surface area contributed by atoms with Crippen molar-refractivity contribution in [1.82, 2.24) is 19.6 Å². The highest BCUT2D eigenvalue weighted by molar-refractivity contribution is 7.99. The van der Waals surface area contributed by atoms with Crippen LogP contribution in [0.15, 0.2) is 53.7 Å². The first-order valence-electron chi connectivity index (χ1n) is 8.08. The molecule has 4 rings (SSSR count). The van der Waals surface area contributed by atoms with E-state index in [9.17, 15) is 4.79 Å². The van der Waals surface area contributed by atoms with Crippen molar-refractivity contribution >= 4 is 40.2 Å². The molecule has 0 atom stereocenters. The van der Waals surface area contributed by atoms with E-state index >= 15 is 0 Å².